The van der Waals surface area contributed by atoms with Crippen LogP contribution in [0.4, 0.5) is 0 Å². The lowest BCUT2D eigenvalue weighted by atomic mass is 10.0. The first-order chi connectivity index (χ1) is 10.3. The molecule has 0 aliphatic carbocycles. The molecule has 0 radical (unpaired) electrons. The molecular formula is C17H19N3O. The van der Waals surface area contributed by atoms with E-state index in [1.54, 1.807) is 10.9 Å². The summed E-state index contributed by atoms with van der Waals surface area (Å²) >= 11 is 0. The minimum Gasteiger partial charge on any atom is -0.390 e. The molecule has 0 bridgehead atoms. The molecule has 4 heteroatoms. The van der Waals surface area contributed by atoms with Crippen LogP contribution in [0.2, 0.25) is 0 Å². The zero-order chi connectivity index (χ0) is 14.5. The highest BCUT2D eigenvalue weighted by atomic mass is 16.3. The van der Waals surface area contributed by atoms with Crippen molar-refractivity contribution in [3.05, 3.63) is 66.5 Å². The highest BCUT2D eigenvalue weighted by Crippen LogP contribution is 2.18. The highest BCUT2D eigenvalue weighted by Gasteiger charge is 2.06. The molecule has 1 heterocycles. The van der Waals surface area contributed by atoms with Crippen molar-refractivity contribution in [2.24, 2.45) is 0 Å². The van der Waals surface area contributed by atoms with Crippen LogP contribution in [-0.2, 0) is 13.1 Å². The smallest absolute Gasteiger partial charge is 0.0860 e. The molecule has 2 N–H and O–H groups in total. The highest BCUT2D eigenvalue weighted by molar-refractivity contribution is 5.85. The Morgan fingerprint density at radius 1 is 1.10 bits per heavy atom. The van der Waals surface area contributed by atoms with Gasteiger partial charge >= 0.3 is 0 Å². The molecule has 4 nitrogen and oxygen atoms in total. The maximum absolute atomic E-state index is 9.99. The van der Waals surface area contributed by atoms with Gasteiger partial charge in [-0.15, -0.1) is 0 Å². The van der Waals surface area contributed by atoms with Crippen molar-refractivity contribution in [1.82, 2.24) is 15.1 Å². The maximum Gasteiger partial charge on any atom is 0.0860 e. The number of aliphatic hydroxyl groups is 1. The van der Waals surface area contributed by atoms with Gasteiger partial charge in [-0.2, -0.15) is 5.10 Å². The molecule has 0 spiro atoms. The summed E-state index contributed by atoms with van der Waals surface area (Å²) in [5.41, 5.74) is 1.25. The number of rotatable bonds is 6. The van der Waals surface area contributed by atoms with Crippen LogP contribution in [0.3, 0.4) is 0 Å². The van der Waals surface area contributed by atoms with Crippen molar-refractivity contribution in [2.75, 3.05) is 6.54 Å². The Balaban J connectivity index is 1.57. The quantitative estimate of drug-likeness (QED) is 0.728. The summed E-state index contributed by atoms with van der Waals surface area (Å²) in [5.74, 6) is 0. The van der Waals surface area contributed by atoms with E-state index in [0.29, 0.717) is 13.1 Å². The van der Waals surface area contributed by atoms with Crippen LogP contribution in [0.15, 0.2) is 60.9 Å². The molecule has 1 atom stereocenters. The summed E-state index contributed by atoms with van der Waals surface area (Å²) in [6, 6.07) is 16.5. The van der Waals surface area contributed by atoms with Gasteiger partial charge in [0.25, 0.3) is 0 Å². The first-order valence-electron chi connectivity index (χ1n) is 7.16. The van der Waals surface area contributed by atoms with E-state index in [2.05, 4.69) is 46.8 Å². The molecule has 0 aliphatic rings. The topological polar surface area (TPSA) is 50.1 Å². The average Bonchev–Trinajstić information content (AvgIpc) is 3.00. The van der Waals surface area contributed by atoms with Crippen molar-refractivity contribution >= 4 is 10.8 Å². The molecule has 1 unspecified atom stereocenters. The molecule has 0 saturated heterocycles. The molecule has 0 saturated carbocycles. The Hall–Kier alpha value is -2.17. The second-order valence-corrected chi connectivity index (χ2v) is 5.15. The molecule has 0 amide bonds. The predicted molar refractivity (Wildman–Crippen MR) is 83.9 cm³/mol. The lowest BCUT2D eigenvalue weighted by molar-refractivity contribution is 0.146. The summed E-state index contributed by atoms with van der Waals surface area (Å²) in [6.45, 7) is 1.80. The van der Waals surface area contributed by atoms with Gasteiger partial charge in [0.2, 0.25) is 0 Å². The summed E-state index contributed by atoms with van der Waals surface area (Å²) in [4.78, 5) is 0. The van der Waals surface area contributed by atoms with Gasteiger partial charge in [0.15, 0.2) is 0 Å². The molecule has 1 aromatic heterocycles. The third-order valence-electron chi connectivity index (χ3n) is 3.53. The molecule has 3 rings (SSSR count). The second-order valence-electron chi connectivity index (χ2n) is 5.15. The van der Waals surface area contributed by atoms with E-state index in [9.17, 15) is 5.11 Å². The number of fused-ring (bicyclic) bond motifs is 1. The van der Waals surface area contributed by atoms with Crippen molar-refractivity contribution in [2.45, 2.75) is 19.2 Å². The lowest BCUT2D eigenvalue weighted by Crippen LogP contribution is -2.30. The average molecular weight is 281 g/mol. The minimum absolute atomic E-state index is 0.445. The fraction of sp³-hybridized carbons (Fsp3) is 0.235. The normalized spacial score (nSPS) is 12.6. The Labute approximate surface area is 124 Å². The largest absolute Gasteiger partial charge is 0.390 e. The van der Waals surface area contributed by atoms with E-state index < -0.39 is 6.10 Å². The molecule has 0 fully saturated rings. The number of hydrogen-bond acceptors (Lipinski definition) is 3. The predicted octanol–water partition coefficient (Wildman–Crippen LogP) is 2.19. The van der Waals surface area contributed by atoms with Gasteiger partial charge in [-0.1, -0.05) is 42.5 Å². The number of benzene rings is 2. The molecule has 0 aliphatic heterocycles. The van der Waals surface area contributed by atoms with Gasteiger partial charge in [0, 0.05) is 25.5 Å². The van der Waals surface area contributed by atoms with Crippen LogP contribution in [0.25, 0.3) is 10.8 Å². The van der Waals surface area contributed by atoms with E-state index in [-0.39, 0.29) is 0 Å². The standard InChI is InChI=1S/C17H19N3O/c21-16(13-20-10-4-9-19-20)12-18-11-15-7-3-6-14-5-1-2-8-17(14)15/h1-10,16,18,21H,11-13H2. The first-order valence-corrected chi connectivity index (χ1v) is 7.16. The number of hydrogen-bond donors (Lipinski definition) is 2. The second kappa shape index (κ2) is 6.52. The van der Waals surface area contributed by atoms with Gasteiger partial charge < -0.3 is 10.4 Å². The van der Waals surface area contributed by atoms with E-state index >= 15 is 0 Å². The zero-order valence-corrected chi connectivity index (χ0v) is 11.8. The van der Waals surface area contributed by atoms with Crippen LogP contribution in [0.5, 0.6) is 0 Å². The van der Waals surface area contributed by atoms with E-state index in [1.165, 1.54) is 16.3 Å². The summed E-state index contributed by atoms with van der Waals surface area (Å²) in [7, 11) is 0. The Morgan fingerprint density at radius 3 is 2.81 bits per heavy atom. The van der Waals surface area contributed by atoms with E-state index in [1.807, 2.05) is 18.3 Å². The third-order valence-corrected chi connectivity index (χ3v) is 3.53. The fourth-order valence-electron chi connectivity index (χ4n) is 2.51. The van der Waals surface area contributed by atoms with Crippen molar-refractivity contribution in [3.8, 4) is 0 Å². The van der Waals surface area contributed by atoms with E-state index in [0.717, 1.165) is 6.54 Å². The molecule has 2 aromatic carbocycles. The third kappa shape index (κ3) is 3.48. The van der Waals surface area contributed by atoms with Crippen LogP contribution in [0.1, 0.15) is 5.56 Å². The van der Waals surface area contributed by atoms with Gasteiger partial charge in [-0.05, 0) is 22.4 Å². The van der Waals surface area contributed by atoms with Crippen molar-refractivity contribution < 1.29 is 5.11 Å². The van der Waals surface area contributed by atoms with E-state index in [4.69, 9.17) is 0 Å². The molecular weight excluding hydrogens is 262 g/mol. The zero-order valence-electron chi connectivity index (χ0n) is 11.8. The van der Waals surface area contributed by atoms with Gasteiger partial charge in [0.1, 0.15) is 0 Å². The van der Waals surface area contributed by atoms with Crippen LogP contribution in [0, 0.1) is 0 Å². The Bertz CT molecular complexity index is 689. The fourth-order valence-corrected chi connectivity index (χ4v) is 2.51. The Kier molecular flexibility index (Phi) is 4.28. The van der Waals surface area contributed by atoms with Crippen molar-refractivity contribution in [3.63, 3.8) is 0 Å². The van der Waals surface area contributed by atoms with Gasteiger partial charge in [0.05, 0.1) is 12.6 Å². The first kappa shape index (κ1) is 13.8. The Morgan fingerprint density at radius 2 is 1.95 bits per heavy atom. The summed E-state index contributed by atoms with van der Waals surface area (Å²) in [5, 5.41) is 19.9. The van der Waals surface area contributed by atoms with Crippen LogP contribution >= 0.6 is 0 Å². The lowest BCUT2D eigenvalue weighted by Gasteiger charge is -2.13. The van der Waals surface area contributed by atoms with Gasteiger partial charge in [-0.3, -0.25) is 4.68 Å². The number of nitrogens with zero attached hydrogens (tertiary/aromatic N) is 2. The molecule has 3 aromatic rings. The number of aliphatic hydroxyl groups excluding tert-OH is 1. The van der Waals surface area contributed by atoms with Crippen LogP contribution < -0.4 is 5.32 Å². The summed E-state index contributed by atoms with van der Waals surface area (Å²) in [6.07, 6.45) is 3.13. The summed E-state index contributed by atoms with van der Waals surface area (Å²) < 4.78 is 1.74. The number of nitrogens with one attached hydrogen (secondary N) is 1. The number of aromatic nitrogens is 2. The monoisotopic (exact) mass is 281 g/mol. The molecule has 108 valence electrons. The van der Waals surface area contributed by atoms with Gasteiger partial charge in [-0.25, -0.2) is 0 Å². The minimum atomic E-state index is -0.445. The van der Waals surface area contributed by atoms with Crippen molar-refractivity contribution in [1.29, 1.82) is 0 Å². The molecule has 21 heavy (non-hydrogen) atoms. The SMILES string of the molecule is OC(CNCc1cccc2ccccc12)Cn1cccn1. The maximum atomic E-state index is 9.99. The van der Waals surface area contributed by atoms with Crippen LogP contribution in [-0.4, -0.2) is 27.5 Å².